The zero-order chi connectivity index (χ0) is 23.7. The van der Waals surface area contributed by atoms with Crippen molar-refractivity contribution in [3.05, 3.63) is 94.3 Å². The molecule has 0 N–H and O–H groups in total. The van der Waals surface area contributed by atoms with Crippen LogP contribution in [0, 0.1) is 11.3 Å². The van der Waals surface area contributed by atoms with E-state index in [-0.39, 0.29) is 23.2 Å². The van der Waals surface area contributed by atoms with Crippen LogP contribution in [0.2, 0.25) is 0 Å². The van der Waals surface area contributed by atoms with Gasteiger partial charge in [-0.25, -0.2) is 0 Å². The molecule has 0 radical (unpaired) electrons. The number of pyridine rings is 1. The van der Waals surface area contributed by atoms with Gasteiger partial charge in [0, 0.05) is 30.2 Å². The number of nitrogens with zero attached hydrogens (tertiary/aromatic N) is 2. The molecule has 2 heterocycles. The Bertz CT molecular complexity index is 1160. The van der Waals surface area contributed by atoms with Gasteiger partial charge in [-0.05, 0) is 66.4 Å². The minimum atomic E-state index is -0.0625. The zero-order valence-corrected chi connectivity index (χ0v) is 20.9. The molecule has 34 heavy (non-hydrogen) atoms. The summed E-state index contributed by atoms with van der Waals surface area (Å²) in [4.78, 5) is 20.4. The minimum Gasteiger partial charge on any atom is -0.342 e. The number of carbonyl (C=O) groups excluding carboxylic acids is 1. The number of carbonyl (C=O) groups is 1. The lowest BCUT2D eigenvalue weighted by Crippen LogP contribution is -2.40. The average molecular weight is 473 g/mol. The van der Waals surface area contributed by atoms with Crippen molar-refractivity contribution in [2.24, 2.45) is 11.3 Å². The first-order chi connectivity index (χ1) is 16.5. The molecule has 176 valence electrons. The third-order valence-corrected chi connectivity index (χ3v) is 8.22. The highest BCUT2D eigenvalue weighted by Crippen LogP contribution is 2.51. The van der Waals surface area contributed by atoms with Gasteiger partial charge in [-0.1, -0.05) is 79.6 Å². The molecule has 3 nitrogen and oxygen atoms in total. The van der Waals surface area contributed by atoms with Crippen molar-refractivity contribution < 1.29 is 4.79 Å². The molecule has 1 aromatic heterocycles. The fourth-order valence-electron chi connectivity index (χ4n) is 6.06. The zero-order valence-electron chi connectivity index (χ0n) is 20.1. The van der Waals surface area contributed by atoms with Crippen LogP contribution in [-0.2, 0) is 11.2 Å². The molecule has 3 atom stereocenters. The van der Waals surface area contributed by atoms with E-state index < -0.39 is 0 Å². The lowest BCUT2D eigenvalue weighted by atomic mass is 9.68. The van der Waals surface area contributed by atoms with Crippen LogP contribution in [0.15, 0.2) is 77.5 Å². The summed E-state index contributed by atoms with van der Waals surface area (Å²) in [7, 11) is 0. The topological polar surface area (TPSA) is 33.2 Å². The van der Waals surface area contributed by atoms with Crippen molar-refractivity contribution in [2.75, 3.05) is 13.1 Å². The molecule has 1 aliphatic heterocycles. The van der Waals surface area contributed by atoms with Crippen LogP contribution in [0.4, 0.5) is 0 Å². The van der Waals surface area contributed by atoms with Gasteiger partial charge in [0.25, 0.3) is 0 Å². The smallest absolute Gasteiger partial charge is 0.230 e. The maximum Gasteiger partial charge on any atom is 0.230 e. The van der Waals surface area contributed by atoms with E-state index in [1.807, 2.05) is 36.5 Å². The Labute approximate surface area is 208 Å². The van der Waals surface area contributed by atoms with E-state index >= 15 is 0 Å². The summed E-state index contributed by atoms with van der Waals surface area (Å²) in [5.41, 5.74) is 6.39. The maximum absolute atomic E-state index is 13.4. The van der Waals surface area contributed by atoms with Crippen molar-refractivity contribution in [2.45, 2.75) is 51.9 Å². The van der Waals surface area contributed by atoms with E-state index in [2.05, 4.69) is 49.1 Å². The first kappa shape index (κ1) is 23.1. The molecule has 1 saturated heterocycles. The molecule has 2 aromatic rings. The summed E-state index contributed by atoms with van der Waals surface area (Å²) >= 11 is 6.47. The maximum atomic E-state index is 13.4. The predicted molar refractivity (Wildman–Crippen MR) is 139 cm³/mol. The van der Waals surface area contributed by atoms with E-state index in [1.54, 1.807) is 0 Å². The highest BCUT2D eigenvalue weighted by Gasteiger charge is 2.40. The number of rotatable bonds is 3. The number of allylic oxidation sites excluding steroid dienone is 5. The number of piperidine rings is 1. The van der Waals surface area contributed by atoms with Gasteiger partial charge in [-0.3, -0.25) is 9.78 Å². The van der Waals surface area contributed by atoms with Crippen LogP contribution in [0.1, 0.15) is 62.3 Å². The Morgan fingerprint density at radius 1 is 1.15 bits per heavy atom. The van der Waals surface area contributed by atoms with Gasteiger partial charge in [0.05, 0.1) is 11.6 Å². The predicted octanol–water partition coefficient (Wildman–Crippen LogP) is 6.91. The second-order valence-electron chi connectivity index (χ2n) is 10.1. The Balaban J connectivity index is 1.45. The molecule has 4 heteroatoms. The lowest BCUT2D eigenvalue weighted by Gasteiger charge is -2.38. The number of amides is 1. The Morgan fingerprint density at radius 3 is 2.65 bits per heavy atom. The molecule has 1 fully saturated rings. The molecule has 0 spiro atoms. The molecular weight excluding hydrogens is 440 g/mol. The SMILES string of the molecule is CCC(C(=O)N1CCC(=C2c3ncccc3CCC3(C)C=C(Cl)C=CC23)CC1)c1ccccc1. The molecule has 5 rings (SSSR count). The fourth-order valence-corrected chi connectivity index (χ4v) is 6.38. The second kappa shape index (κ2) is 9.54. The van der Waals surface area contributed by atoms with Gasteiger partial charge in [0.1, 0.15) is 0 Å². The molecule has 1 aromatic carbocycles. The second-order valence-corrected chi connectivity index (χ2v) is 10.5. The van der Waals surface area contributed by atoms with Crippen molar-refractivity contribution >= 4 is 23.1 Å². The standard InChI is InChI=1S/C30H33ClN2O/c1-3-25(21-8-5-4-6-9-21)29(34)33-18-14-22(15-19-33)27-26-12-11-24(31)20-30(26,2)16-13-23-10-7-17-32-28(23)27/h4-12,17,20,25-26H,3,13-16,18-19H2,1-2H3. The van der Waals surface area contributed by atoms with Gasteiger partial charge in [-0.15, -0.1) is 0 Å². The van der Waals surface area contributed by atoms with E-state index in [0.29, 0.717) is 0 Å². The van der Waals surface area contributed by atoms with Crippen molar-refractivity contribution in [3.63, 3.8) is 0 Å². The van der Waals surface area contributed by atoms with E-state index in [0.717, 1.165) is 61.5 Å². The minimum absolute atomic E-state index is 0.0254. The van der Waals surface area contributed by atoms with Gasteiger partial charge in [0.2, 0.25) is 5.91 Å². The Morgan fingerprint density at radius 2 is 1.91 bits per heavy atom. The summed E-state index contributed by atoms with van der Waals surface area (Å²) in [5, 5.41) is 0.828. The third-order valence-electron chi connectivity index (χ3n) is 7.98. The summed E-state index contributed by atoms with van der Waals surface area (Å²) in [5.74, 6) is 0.456. The molecule has 0 saturated carbocycles. The first-order valence-electron chi connectivity index (χ1n) is 12.6. The van der Waals surface area contributed by atoms with Crippen LogP contribution in [-0.4, -0.2) is 28.9 Å². The molecule has 3 aliphatic rings. The lowest BCUT2D eigenvalue weighted by molar-refractivity contribution is -0.133. The fraction of sp³-hybridized carbons (Fsp3) is 0.400. The first-order valence-corrected chi connectivity index (χ1v) is 12.9. The summed E-state index contributed by atoms with van der Waals surface area (Å²) in [6.07, 6.45) is 13.2. The van der Waals surface area contributed by atoms with Gasteiger partial charge >= 0.3 is 0 Å². The number of fused-ring (bicyclic) bond motifs is 2. The van der Waals surface area contributed by atoms with Crippen LogP contribution >= 0.6 is 11.6 Å². The molecule has 3 unspecified atom stereocenters. The highest BCUT2D eigenvalue weighted by molar-refractivity contribution is 6.31. The van der Waals surface area contributed by atoms with Gasteiger partial charge < -0.3 is 4.90 Å². The number of hydrogen-bond acceptors (Lipinski definition) is 2. The average Bonchev–Trinajstić information content (AvgIpc) is 2.99. The number of halogens is 1. The van der Waals surface area contributed by atoms with E-state index in [1.165, 1.54) is 16.7 Å². The monoisotopic (exact) mass is 472 g/mol. The van der Waals surface area contributed by atoms with Crippen molar-refractivity contribution in [1.82, 2.24) is 9.88 Å². The molecule has 2 aliphatic carbocycles. The van der Waals surface area contributed by atoms with Crippen molar-refractivity contribution in [1.29, 1.82) is 0 Å². The van der Waals surface area contributed by atoms with Gasteiger partial charge in [0.15, 0.2) is 0 Å². The normalized spacial score (nSPS) is 25.2. The van der Waals surface area contributed by atoms with Gasteiger partial charge in [-0.2, -0.15) is 0 Å². The van der Waals surface area contributed by atoms with E-state index in [9.17, 15) is 4.79 Å². The number of aromatic nitrogens is 1. The molecule has 0 bridgehead atoms. The summed E-state index contributed by atoms with van der Waals surface area (Å²) < 4.78 is 0. The highest BCUT2D eigenvalue weighted by atomic mass is 35.5. The van der Waals surface area contributed by atoms with Crippen LogP contribution in [0.5, 0.6) is 0 Å². The summed E-state index contributed by atoms with van der Waals surface area (Å²) in [6, 6.07) is 14.5. The largest absolute Gasteiger partial charge is 0.342 e. The van der Waals surface area contributed by atoms with Crippen molar-refractivity contribution in [3.8, 4) is 0 Å². The van der Waals surface area contributed by atoms with Crippen LogP contribution in [0.3, 0.4) is 0 Å². The summed E-state index contributed by atoms with van der Waals surface area (Å²) in [6.45, 7) is 5.98. The number of benzene rings is 1. The third kappa shape index (κ3) is 4.27. The molecule has 1 amide bonds. The molecular formula is C30H33ClN2O. The Kier molecular flexibility index (Phi) is 6.48. The van der Waals surface area contributed by atoms with Crippen LogP contribution < -0.4 is 0 Å². The number of hydrogen-bond donors (Lipinski definition) is 0. The van der Waals surface area contributed by atoms with E-state index in [4.69, 9.17) is 16.6 Å². The Hall–Kier alpha value is -2.65. The number of aryl methyl sites for hydroxylation is 1. The van der Waals surface area contributed by atoms with Crippen LogP contribution in [0.25, 0.3) is 5.57 Å². The number of likely N-dealkylation sites (tertiary alicyclic amines) is 1. The quantitative estimate of drug-likeness (QED) is 0.486.